The van der Waals surface area contributed by atoms with E-state index in [-0.39, 0.29) is 37.0 Å². The number of carbonyl (C=O) groups excluding carboxylic acids is 2. The van der Waals surface area contributed by atoms with Gasteiger partial charge in [-0.3, -0.25) is 0 Å². The maximum absolute atomic E-state index is 12.5. The molecule has 0 aliphatic heterocycles. The number of esters is 2. The van der Waals surface area contributed by atoms with Crippen LogP contribution >= 0.6 is 0 Å². The second kappa shape index (κ2) is 10.8. The summed E-state index contributed by atoms with van der Waals surface area (Å²) in [6, 6.07) is 17.9. The van der Waals surface area contributed by atoms with E-state index in [0.29, 0.717) is 11.1 Å². The Kier molecular flexibility index (Phi) is 8.44. The zero-order valence-electron chi connectivity index (χ0n) is 17.9. The minimum atomic E-state index is -0.453. The van der Waals surface area contributed by atoms with Crippen molar-refractivity contribution in [3.8, 4) is 0 Å². The summed E-state index contributed by atoms with van der Waals surface area (Å²) in [7, 11) is 0. The first-order chi connectivity index (χ1) is 13.9. The fourth-order valence-corrected chi connectivity index (χ4v) is 3.66. The first-order valence-electron chi connectivity index (χ1n) is 10.3. The Morgan fingerprint density at radius 2 is 1.21 bits per heavy atom. The molecular formula is C25H32O4. The molecule has 0 bridgehead atoms. The summed E-state index contributed by atoms with van der Waals surface area (Å²) in [4.78, 5) is 25.0. The Labute approximate surface area is 174 Å². The molecule has 2 rings (SSSR count). The van der Waals surface area contributed by atoms with Crippen LogP contribution < -0.4 is 0 Å². The van der Waals surface area contributed by atoms with Gasteiger partial charge >= 0.3 is 11.9 Å². The lowest BCUT2D eigenvalue weighted by Gasteiger charge is -2.41. The third-order valence-electron chi connectivity index (χ3n) is 5.82. The molecule has 4 heteroatoms. The van der Waals surface area contributed by atoms with Crippen LogP contribution in [0.25, 0.3) is 0 Å². The van der Waals surface area contributed by atoms with E-state index >= 15 is 0 Å². The smallest absolute Gasteiger partial charge is 0.338 e. The van der Waals surface area contributed by atoms with Gasteiger partial charge in [-0.05, 0) is 36.1 Å². The first-order valence-corrected chi connectivity index (χ1v) is 10.3. The highest BCUT2D eigenvalue weighted by atomic mass is 16.5. The van der Waals surface area contributed by atoms with Crippen LogP contribution in [0.1, 0.15) is 61.3 Å². The topological polar surface area (TPSA) is 52.6 Å². The lowest BCUT2D eigenvalue weighted by Crippen LogP contribution is -2.44. The molecule has 0 fully saturated rings. The molecule has 29 heavy (non-hydrogen) atoms. The SMILES string of the molecule is CCCC(C)C(COC(=O)c1ccccc1)(COC(=O)c1ccccc1)C(C)C. The van der Waals surface area contributed by atoms with Gasteiger partial charge in [-0.1, -0.05) is 76.9 Å². The second-order valence-corrected chi connectivity index (χ2v) is 7.96. The highest BCUT2D eigenvalue weighted by molar-refractivity contribution is 5.89. The Balaban J connectivity index is 2.17. The number of benzene rings is 2. The average Bonchev–Trinajstić information content (AvgIpc) is 2.74. The number of carbonyl (C=O) groups is 2. The van der Waals surface area contributed by atoms with Gasteiger partial charge in [0.1, 0.15) is 13.2 Å². The van der Waals surface area contributed by atoms with Crippen molar-refractivity contribution in [1.82, 2.24) is 0 Å². The van der Waals surface area contributed by atoms with Gasteiger partial charge in [0.2, 0.25) is 0 Å². The number of hydrogen-bond donors (Lipinski definition) is 0. The van der Waals surface area contributed by atoms with Gasteiger partial charge in [-0.25, -0.2) is 9.59 Å². The molecule has 0 amide bonds. The van der Waals surface area contributed by atoms with Crippen LogP contribution in [0.15, 0.2) is 60.7 Å². The Morgan fingerprint density at radius 1 is 0.793 bits per heavy atom. The predicted molar refractivity (Wildman–Crippen MR) is 115 cm³/mol. The summed E-state index contributed by atoms with van der Waals surface area (Å²) >= 11 is 0. The fraction of sp³-hybridized carbons (Fsp3) is 0.440. The van der Waals surface area contributed by atoms with Crippen molar-refractivity contribution in [1.29, 1.82) is 0 Å². The van der Waals surface area contributed by atoms with Gasteiger partial charge in [0, 0.05) is 5.41 Å². The van der Waals surface area contributed by atoms with Crippen molar-refractivity contribution >= 4 is 11.9 Å². The molecule has 1 atom stereocenters. The van der Waals surface area contributed by atoms with Gasteiger partial charge in [-0.2, -0.15) is 0 Å². The molecule has 0 N–H and O–H groups in total. The zero-order valence-corrected chi connectivity index (χ0v) is 17.9. The van der Waals surface area contributed by atoms with E-state index < -0.39 is 5.41 Å². The summed E-state index contributed by atoms with van der Waals surface area (Å²) in [6.07, 6.45) is 1.97. The highest BCUT2D eigenvalue weighted by Gasteiger charge is 2.42. The highest BCUT2D eigenvalue weighted by Crippen LogP contribution is 2.39. The third kappa shape index (κ3) is 5.93. The minimum absolute atomic E-state index is 0.163. The van der Waals surface area contributed by atoms with E-state index in [1.54, 1.807) is 24.3 Å². The number of hydrogen-bond acceptors (Lipinski definition) is 4. The van der Waals surface area contributed by atoms with Gasteiger partial charge in [0.25, 0.3) is 0 Å². The third-order valence-corrected chi connectivity index (χ3v) is 5.82. The van der Waals surface area contributed by atoms with Gasteiger partial charge in [-0.15, -0.1) is 0 Å². The normalized spacial score (nSPS) is 12.4. The molecule has 0 saturated carbocycles. The molecule has 0 heterocycles. The van der Waals surface area contributed by atoms with Crippen molar-refractivity contribution < 1.29 is 19.1 Å². The zero-order chi connectivity index (χ0) is 21.3. The molecule has 1 unspecified atom stereocenters. The molecule has 0 aromatic heterocycles. The van der Waals surface area contributed by atoms with E-state index in [0.717, 1.165) is 12.8 Å². The molecule has 0 aliphatic carbocycles. The van der Waals surface area contributed by atoms with Crippen molar-refractivity contribution in [2.45, 2.75) is 40.5 Å². The molecule has 2 aromatic rings. The first kappa shape index (κ1) is 22.7. The number of rotatable bonds is 10. The largest absolute Gasteiger partial charge is 0.461 e. The second-order valence-electron chi connectivity index (χ2n) is 7.96. The standard InChI is InChI=1S/C25H32O4/c1-5-12-20(4)25(19(2)3,17-28-23(26)21-13-8-6-9-14-21)18-29-24(27)22-15-10-7-11-16-22/h6-11,13-16,19-20H,5,12,17-18H2,1-4H3. The van der Waals surface area contributed by atoms with E-state index in [1.165, 1.54) is 0 Å². The molecule has 0 aliphatic rings. The summed E-state index contributed by atoms with van der Waals surface area (Å²) in [6.45, 7) is 8.89. The van der Waals surface area contributed by atoms with Gasteiger partial charge < -0.3 is 9.47 Å². The van der Waals surface area contributed by atoms with E-state index in [4.69, 9.17) is 9.47 Å². The van der Waals surface area contributed by atoms with E-state index in [9.17, 15) is 9.59 Å². The lowest BCUT2D eigenvalue weighted by molar-refractivity contribution is -0.0533. The van der Waals surface area contributed by atoms with Gasteiger partial charge in [0.05, 0.1) is 11.1 Å². The lowest BCUT2D eigenvalue weighted by atomic mass is 9.68. The minimum Gasteiger partial charge on any atom is -0.461 e. The van der Waals surface area contributed by atoms with Crippen molar-refractivity contribution in [2.24, 2.45) is 17.3 Å². The van der Waals surface area contributed by atoms with Crippen LogP contribution in [-0.2, 0) is 9.47 Å². The average molecular weight is 397 g/mol. The summed E-state index contributed by atoms with van der Waals surface area (Å²) < 4.78 is 11.5. The summed E-state index contributed by atoms with van der Waals surface area (Å²) in [5.74, 6) is -0.321. The van der Waals surface area contributed by atoms with E-state index in [1.807, 2.05) is 36.4 Å². The van der Waals surface area contributed by atoms with Crippen LogP contribution in [0, 0.1) is 17.3 Å². The van der Waals surface area contributed by atoms with E-state index in [2.05, 4.69) is 27.7 Å². The fourth-order valence-electron chi connectivity index (χ4n) is 3.66. The van der Waals surface area contributed by atoms with Crippen molar-refractivity contribution in [2.75, 3.05) is 13.2 Å². The molecule has 2 aromatic carbocycles. The predicted octanol–water partition coefficient (Wildman–Crippen LogP) is 5.78. The summed E-state index contributed by atoms with van der Waals surface area (Å²) in [5, 5.41) is 0. The van der Waals surface area contributed by atoms with Crippen LogP contribution in [0.5, 0.6) is 0 Å². The Bertz CT molecular complexity index is 712. The summed E-state index contributed by atoms with van der Waals surface area (Å²) in [5.41, 5.74) is 0.592. The molecule has 0 saturated heterocycles. The molecule has 0 radical (unpaired) electrons. The Hall–Kier alpha value is -2.62. The molecule has 156 valence electrons. The quantitative estimate of drug-likeness (QED) is 0.478. The van der Waals surface area contributed by atoms with Crippen LogP contribution in [0.2, 0.25) is 0 Å². The van der Waals surface area contributed by atoms with Crippen molar-refractivity contribution in [3.63, 3.8) is 0 Å². The molecule has 0 spiro atoms. The molecular weight excluding hydrogens is 364 g/mol. The van der Waals surface area contributed by atoms with Crippen LogP contribution in [0.4, 0.5) is 0 Å². The maximum atomic E-state index is 12.5. The number of ether oxygens (including phenoxy) is 2. The van der Waals surface area contributed by atoms with Crippen LogP contribution in [-0.4, -0.2) is 25.2 Å². The van der Waals surface area contributed by atoms with Crippen molar-refractivity contribution in [3.05, 3.63) is 71.8 Å². The monoisotopic (exact) mass is 396 g/mol. The maximum Gasteiger partial charge on any atom is 0.338 e. The molecule has 4 nitrogen and oxygen atoms in total. The van der Waals surface area contributed by atoms with Gasteiger partial charge in [0.15, 0.2) is 0 Å². The Morgan fingerprint density at radius 3 is 1.55 bits per heavy atom. The van der Waals surface area contributed by atoms with Crippen LogP contribution in [0.3, 0.4) is 0 Å².